The Morgan fingerprint density at radius 3 is 1.75 bits per heavy atom. The molecule has 3 nitrogen and oxygen atoms in total. The maximum absolute atomic E-state index is 14.0. The van der Waals surface area contributed by atoms with Gasteiger partial charge in [0.1, 0.15) is 4.90 Å². The third-order valence-corrected chi connectivity index (χ3v) is 6.55. The SMILES string of the molecule is CC(C)c1cc(C(C)C)c(Sc2cc(F)c(F)c(S(=O)(=O)O)c2)c(C(C)C)c1. The molecule has 2 rings (SSSR count). The first-order chi connectivity index (χ1) is 12.8. The van der Waals surface area contributed by atoms with Gasteiger partial charge in [-0.3, -0.25) is 4.55 Å². The van der Waals surface area contributed by atoms with Crippen molar-refractivity contribution in [2.45, 2.75) is 74.0 Å². The molecule has 1 N–H and O–H groups in total. The van der Waals surface area contributed by atoms with E-state index in [0.29, 0.717) is 5.92 Å². The van der Waals surface area contributed by atoms with Gasteiger partial charge in [-0.05, 0) is 46.6 Å². The van der Waals surface area contributed by atoms with E-state index in [2.05, 4.69) is 53.7 Å². The van der Waals surface area contributed by atoms with E-state index in [4.69, 9.17) is 0 Å². The number of benzene rings is 2. The van der Waals surface area contributed by atoms with Gasteiger partial charge in [-0.15, -0.1) is 0 Å². The highest BCUT2D eigenvalue weighted by Crippen LogP contribution is 2.42. The Bertz CT molecular complexity index is 952. The van der Waals surface area contributed by atoms with E-state index >= 15 is 0 Å². The average molecular weight is 429 g/mol. The third kappa shape index (κ3) is 4.93. The molecular formula is C21H26F2O3S2. The van der Waals surface area contributed by atoms with Gasteiger partial charge in [0.05, 0.1) is 0 Å². The van der Waals surface area contributed by atoms with Gasteiger partial charge in [-0.2, -0.15) is 8.42 Å². The Balaban J connectivity index is 2.71. The lowest BCUT2D eigenvalue weighted by Crippen LogP contribution is -2.05. The molecule has 0 radical (unpaired) electrons. The number of halogens is 2. The van der Waals surface area contributed by atoms with E-state index in [1.54, 1.807) is 0 Å². The van der Waals surface area contributed by atoms with Crippen molar-refractivity contribution in [2.75, 3.05) is 0 Å². The van der Waals surface area contributed by atoms with Crippen LogP contribution in [-0.2, 0) is 10.1 Å². The first-order valence-corrected chi connectivity index (χ1v) is 11.4. The van der Waals surface area contributed by atoms with E-state index in [1.165, 1.54) is 17.3 Å². The van der Waals surface area contributed by atoms with Crippen molar-refractivity contribution in [1.82, 2.24) is 0 Å². The highest BCUT2D eigenvalue weighted by Gasteiger charge is 2.23. The molecule has 0 fully saturated rings. The first kappa shape index (κ1) is 22.8. The summed E-state index contributed by atoms with van der Waals surface area (Å²) in [6.07, 6.45) is 0. The first-order valence-electron chi connectivity index (χ1n) is 9.15. The molecule has 0 atom stereocenters. The molecule has 0 aromatic heterocycles. The summed E-state index contributed by atoms with van der Waals surface area (Å²) < 4.78 is 59.9. The summed E-state index contributed by atoms with van der Waals surface area (Å²) in [7, 11) is -4.87. The van der Waals surface area contributed by atoms with E-state index in [-0.39, 0.29) is 16.7 Å². The fourth-order valence-corrected chi connectivity index (χ4v) is 4.99. The summed E-state index contributed by atoms with van der Waals surface area (Å²) in [6, 6.07) is 6.17. The fraction of sp³-hybridized carbons (Fsp3) is 0.429. The van der Waals surface area contributed by atoms with Gasteiger partial charge in [0.15, 0.2) is 11.6 Å². The average Bonchev–Trinajstić information content (AvgIpc) is 2.56. The van der Waals surface area contributed by atoms with Crippen LogP contribution in [0.3, 0.4) is 0 Å². The van der Waals surface area contributed by atoms with Crippen molar-refractivity contribution in [2.24, 2.45) is 0 Å². The second kappa shape index (κ2) is 8.51. The Kier molecular flexibility index (Phi) is 6.94. The maximum Gasteiger partial charge on any atom is 0.297 e. The van der Waals surface area contributed by atoms with E-state index in [0.717, 1.165) is 28.2 Å². The fourth-order valence-electron chi connectivity index (χ4n) is 2.91. The van der Waals surface area contributed by atoms with Crippen LogP contribution in [0.2, 0.25) is 0 Å². The minimum absolute atomic E-state index is 0.185. The molecule has 0 heterocycles. The second-order valence-corrected chi connectivity index (χ2v) is 10.3. The van der Waals surface area contributed by atoms with Crippen LogP contribution >= 0.6 is 11.8 Å². The van der Waals surface area contributed by atoms with Crippen LogP contribution < -0.4 is 0 Å². The second-order valence-electron chi connectivity index (χ2n) is 7.79. The molecule has 154 valence electrons. The summed E-state index contributed by atoms with van der Waals surface area (Å²) in [4.78, 5) is 0.0697. The molecule has 2 aromatic carbocycles. The zero-order chi connectivity index (χ0) is 21.4. The smallest absolute Gasteiger partial charge is 0.282 e. The van der Waals surface area contributed by atoms with Crippen molar-refractivity contribution in [3.05, 3.63) is 52.6 Å². The summed E-state index contributed by atoms with van der Waals surface area (Å²) >= 11 is 1.19. The van der Waals surface area contributed by atoms with Crippen LogP contribution in [0.5, 0.6) is 0 Å². The number of rotatable bonds is 6. The Hall–Kier alpha value is -1.44. The third-order valence-electron chi connectivity index (χ3n) is 4.55. The summed E-state index contributed by atoms with van der Waals surface area (Å²) in [6.45, 7) is 12.5. The predicted octanol–water partition coefficient (Wildman–Crippen LogP) is 6.73. The summed E-state index contributed by atoms with van der Waals surface area (Å²) in [5.41, 5.74) is 3.33. The molecule has 7 heteroatoms. The molecule has 0 saturated heterocycles. The van der Waals surface area contributed by atoms with Crippen LogP contribution in [0.4, 0.5) is 8.78 Å². The standard InChI is InChI=1S/C21H26F2O3S2/c1-11(2)14-7-16(12(3)4)21(17(8-14)13(5)6)27-15-9-18(22)20(23)19(10-15)28(24,25)26/h7-13H,1-6H3,(H,24,25,26). The molecule has 0 saturated carbocycles. The van der Waals surface area contributed by atoms with Gasteiger partial charge in [0, 0.05) is 9.79 Å². The molecule has 0 aliphatic rings. The summed E-state index contributed by atoms with van der Waals surface area (Å²) in [5.74, 6) is -2.18. The van der Waals surface area contributed by atoms with E-state index in [1.807, 2.05) is 0 Å². The monoisotopic (exact) mass is 428 g/mol. The quantitative estimate of drug-likeness (QED) is 0.518. The number of hydrogen-bond acceptors (Lipinski definition) is 3. The Morgan fingerprint density at radius 2 is 1.36 bits per heavy atom. The topological polar surface area (TPSA) is 54.4 Å². The van der Waals surface area contributed by atoms with Crippen molar-refractivity contribution < 1.29 is 21.8 Å². The number of hydrogen-bond donors (Lipinski definition) is 1. The largest absolute Gasteiger partial charge is 0.297 e. The molecule has 0 bridgehead atoms. The molecule has 0 amide bonds. The lowest BCUT2D eigenvalue weighted by atomic mass is 9.89. The molecular weight excluding hydrogens is 402 g/mol. The molecule has 28 heavy (non-hydrogen) atoms. The van der Waals surface area contributed by atoms with E-state index < -0.39 is 26.6 Å². The van der Waals surface area contributed by atoms with Crippen molar-refractivity contribution in [3.63, 3.8) is 0 Å². The maximum atomic E-state index is 14.0. The lowest BCUT2D eigenvalue weighted by Gasteiger charge is -2.22. The van der Waals surface area contributed by atoms with Crippen LogP contribution in [0, 0.1) is 11.6 Å². The minimum atomic E-state index is -4.87. The highest BCUT2D eigenvalue weighted by molar-refractivity contribution is 7.99. The van der Waals surface area contributed by atoms with Crippen molar-refractivity contribution >= 4 is 21.9 Å². The minimum Gasteiger partial charge on any atom is -0.282 e. The van der Waals surface area contributed by atoms with E-state index in [9.17, 15) is 21.8 Å². The Morgan fingerprint density at radius 1 is 0.857 bits per heavy atom. The molecule has 0 aliphatic carbocycles. The van der Waals surface area contributed by atoms with Crippen LogP contribution in [0.1, 0.15) is 76.0 Å². The normalized spacial score (nSPS) is 12.4. The van der Waals surface area contributed by atoms with Gasteiger partial charge in [0.25, 0.3) is 10.1 Å². The van der Waals surface area contributed by atoms with Gasteiger partial charge in [-0.25, -0.2) is 8.78 Å². The molecule has 2 aromatic rings. The zero-order valence-electron chi connectivity index (χ0n) is 16.9. The van der Waals surface area contributed by atoms with Gasteiger partial charge < -0.3 is 0 Å². The van der Waals surface area contributed by atoms with Gasteiger partial charge in [0.2, 0.25) is 0 Å². The highest BCUT2D eigenvalue weighted by atomic mass is 32.2. The van der Waals surface area contributed by atoms with Crippen molar-refractivity contribution in [1.29, 1.82) is 0 Å². The molecule has 0 unspecified atom stereocenters. The summed E-state index contributed by atoms with van der Waals surface area (Å²) in [5, 5.41) is 0. The van der Waals surface area contributed by atoms with Gasteiger partial charge in [-0.1, -0.05) is 65.4 Å². The van der Waals surface area contributed by atoms with Crippen LogP contribution in [-0.4, -0.2) is 13.0 Å². The van der Waals surface area contributed by atoms with Crippen molar-refractivity contribution in [3.8, 4) is 0 Å². The molecule has 0 spiro atoms. The lowest BCUT2D eigenvalue weighted by molar-refractivity contribution is 0.452. The molecule has 0 aliphatic heterocycles. The van der Waals surface area contributed by atoms with Gasteiger partial charge >= 0.3 is 0 Å². The predicted molar refractivity (Wildman–Crippen MR) is 109 cm³/mol. The van der Waals surface area contributed by atoms with Crippen LogP contribution in [0.25, 0.3) is 0 Å². The zero-order valence-corrected chi connectivity index (χ0v) is 18.5. The Labute approximate surface area is 170 Å². The van der Waals surface area contributed by atoms with Crippen LogP contribution in [0.15, 0.2) is 39.0 Å².